The van der Waals surface area contributed by atoms with Crippen molar-refractivity contribution in [3.63, 3.8) is 0 Å². The van der Waals surface area contributed by atoms with Crippen molar-refractivity contribution in [3.05, 3.63) is 75.4 Å². The number of nitrogens with two attached hydrogens (primary N) is 1. The van der Waals surface area contributed by atoms with Crippen LogP contribution in [0.4, 0.5) is 0 Å². The molecule has 4 rings (SSSR count). The molecule has 1 aliphatic rings. The molecule has 0 bridgehead atoms. The summed E-state index contributed by atoms with van der Waals surface area (Å²) in [7, 11) is 3.04. The van der Waals surface area contributed by atoms with Crippen molar-refractivity contribution in [2.75, 3.05) is 20.8 Å². The number of fused-ring (bicyclic) bond motifs is 3. The van der Waals surface area contributed by atoms with Crippen molar-refractivity contribution in [1.82, 2.24) is 4.98 Å². The summed E-state index contributed by atoms with van der Waals surface area (Å²) < 4.78 is 21.9. The maximum absolute atomic E-state index is 13.2. The van der Waals surface area contributed by atoms with E-state index in [1.807, 2.05) is 12.1 Å². The lowest BCUT2D eigenvalue weighted by atomic mass is 9.82. The van der Waals surface area contributed by atoms with E-state index in [1.54, 1.807) is 37.3 Å². The summed E-state index contributed by atoms with van der Waals surface area (Å²) in [4.78, 5) is 28.9. The van der Waals surface area contributed by atoms with E-state index in [9.17, 15) is 9.59 Å². The Morgan fingerprint density at radius 1 is 1.16 bits per heavy atom. The van der Waals surface area contributed by atoms with Crippen LogP contribution >= 0.6 is 0 Å². The lowest BCUT2D eigenvalue weighted by molar-refractivity contribution is -0.139. The highest BCUT2D eigenvalue weighted by Gasteiger charge is 2.40. The van der Waals surface area contributed by atoms with Gasteiger partial charge in [-0.2, -0.15) is 0 Å². The number of aromatic nitrogens is 1. The Labute approximate surface area is 178 Å². The number of ether oxygens (including phenoxy) is 4. The number of nitrogens with one attached hydrogen (secondary N) is 1. The van der Waals surface area contributed by atoms with Gasteiger partial charge in [-0.15, -0.1) is 0 Å². The smallest absolute Gasteiger partial charge is 0.340 e. The summed E-state index contributed by atoms with van der Waals surface area (Å²) in [6.45, 7) is 1.83. The van der Waals surface area contributed by atoms with Gasteiger partial charge in [0, 0.05) is 17.0 Å². The quantitative estimate of drug-likeness (QED) is 0.608. The Kier molecular flexibility index (Phi) is 5.29. The van der Waals surface area contributed by atoms with E-state index in [0.29, 0.717) is 33.7 Å². The predicted octanol–water partition coefficient (Wildman–Crippen LogP) is 2.80. The molecule has 8 heteroatoms. The van der Waals surface area contributed by atoms with Crippen molar-refractivity contribution in [1.29, 1.82) is 0 Å². The Bertz CT molecular complexity index is 1260. The first-order chi connectivity index (χ1) is 15.0. The molecule has 1 aromatic heterocycles. The van der Waals surface area contributed by atoms with Crippen molar-refractivity contribution in [2.24, 2.45) is 5.73 Å². The van der Waals surface area contributed by atoms with Crippen LogP contribution in [0, 0.1) is 0 Å². The van der Waals surface area contributed by atoms with Gasteiger partial charge in [0.15, 0.2) is 0 Å². The number of esters is 1. The van der Waals surface area contributed by atoms with Crippen LogP contribution in [0.3, 0.4) is 0 Å². The third-order valence-electron chi connectivity index (χ3n) is 5.21. The number of carbonyl (C=O) groups is 1. The number of benzene rings is 2. The first kappa shape index (κ1) is 20.3. The molecular formula is C23H22N2O6. The van der Waals surface area contributed by atoms with Crippen molar-refractivity contribution in [2.45, 2.75) is 12.8 Å². The summed E-state index contributed by atoms with van der Waals surface area (Å²) in [5.74, 6) is -0.357. The Hall–Kier alpha value is -3.94. The molecule has 31 heavy (non-hydrogen) atoms. The molecule has 0 aliphatic carbocycles. The van der Waals surface area contributed by atoms with Crippen molar-refractivity contribution < 1.29 is 23.7 Å². The molecule has 1 aliphatic heterocycles. The summed E-state index contributed by atoms with van der Waals surface area (Å²) in [6, 6.07) is 12.4. The normalized spacial score (nSPS) is 15.3. The van der Waals surface area contributed by atoms with Crippen LogP contribution in [0.2, 0.25) is 0 Å². The Balaban J connectivity index is 2.06. The minimum Gasteiger partial charge on any atom is -0.497 e. The van der Waals surface area contributed by atoms with Crippen LogP contribution < -0.4 is 25.5 Å². The monoisotopic (exact) mass is 422 g/mol. The second kappa shape index (κ2) is 8.06. The number of pyridine rings is 1. The molecule has 0 saturated heterocycles. The third-order valence-corrected chi connectivity index (χ3v) is 5.21. The van der Waals surface area contributed by atoms with E-state index in [2.05, 4.69) is 4.98 Å². The van der Waals surface area contributed by atoms with Crippen molar-refractivity contribution >= 4 is 16.9 Å². The molecule has 2 aromatic carbocycles. The minimum atomic E-state index is -0.864. The van der Waals surface area contributed by atoms with E-state index >= 15 is 0 Å². The number of hydrogen-bond donors (Lipinski definition) is 2. The third kappa shape index (κ3) is 3.35. The van der Waals surface area contributed by atoms with Crippen LogP contribution in [0.5, 0.6) is 17.2 Å². The molecule has 2 heterocycles. The van der Waals surface area contributed by atoms with E-state index in [1.165, 1.54) is 14.2 Å². The van der Waals surface area contributed by atoms with Gasteiger partial charge in [0.25, 0.3) is 5.56 Å². The van der Waals surface area contributed by atoms with Gasteiger partial charge in [-0.05, 0) is 25.1 Å². The van der Waals surface area contributed by atoms with Crippen LogP contribution in [0.15, 0.2) is 58.7 Å². The Morgan fingerprint density at radius 2 is 1.94 bits per heavy atom. The summed E-state index contributed by atoms with van der Waals surface area (Å²) >= 11 is 0. The molecular weight excluding hydrogens is 400 g/mol. The fraction of sp³-hybridized carbons (Fsp3) is 0.217. The lowest BCUT2D eigenvalue weighted by Crippen LogP contribution is -2.32. The molecule has 0 radical (unpaired) electrons. The van der Waals surface area contributed by atoms with E-state index < -0.39 is 17.4 Å². The Morgan fingerprint density at radius 3 is 2.65 bits per heavy atom. The second-order valence-electron chi connectivity index (χ2n) is 6.88. The molecule has 0 fully saturated rings. The summed E-state index contributed by atoms with van der Waals surface area (Å²) in [6.07, 6.45) is 0. The van der Waals surface area contributed by atoms with E-state index in [-0.39, 0.29) is 23.6 Å². The van der Waals surface area contributed by atoms with Crippen molar-refractivity contribution in [3.8, 4) is 17.2 Å². The zero-order chi connectivity index (χ0) is 22.1. The van der Waals surface area contributed by atoms with Gasteiger partial charge in [0.1, 0.15) is 22.8 Å². The van der Waals surface area contributed by atoms with Crippen LogP contribution in [0.1, 0.15) is 24.0 Å². The minimum absolute atomic E-state index is 0.0404. The number of para-hydroxylation sites is 1. The maximum Gasteiger partial charge on any atom is 0.340 e. The fourth-order valence-electron chi connectivity index (χ4n) is 3.85. The molecule has 8 nitrogen and oxygen atoms in total. The van der Waals surface area contributed by atoms with E-state index in [4.69, 9.17) is 24.7 Å². The first-order valence-electron chi connectivity index (χ1n) is 9.71. The van der Waals surface area contributed by atoms with Gasteiger partial charge in [-0.3, -0.25) is 4.79 Å². The molecule has 3 aromatic rings. The number of hydrogen-bond acceptors (Lipinski definition) is 7. The predicted molar refractivity (Wildman–Crippen MR) is 114 cm³/mol. The number of H-pyrrole nitrogens is 1. The van der Waals surface area contributed by atoms with Gasteiger partial charge in [-0.25, -0.2) is 4.79 Å². The molecule has 3 N–H and O–H groups in total. The van der Waals surface area contributed by atoms with E-state index in [0.717, 1.165) is 0 Å². The molecule has 1 unspecified atom stereocenters. The van der Waals surface area contributed by atoms with Gasteiger partial charge in [0.2, 0.25) is 5.88 Å². The average Bonchev–Trinajstić information content (AvgIpc) is 2.78. The lowest BCUT2D eigenvalue weighted by Gasteiger charge is -2.29. The highest BCUT2D eigenvalue weighted by molar-refractivity contribution is 5.95. The van der Waals surface area contributed by atoms with Gasteiger partial charge >= 0.3 is 5.97 Å². The zero-order valence-corrected chi connectivity index (χ0v) is 17.4. The molecule has 0 amide bonds. The first-order valence-corrected chi connectivity index (χ1v) is 9.71. The van der Waals surface area contributed by atoms with Crippen LogP contribution in [0.25, 0.3) is 10.9 Å². The number of methoxy groups -OCH3 is 2. The number of rotatable bonds is 5. The second-order valence-corrected chi connectivity index (χ2v) is 6.88. The highest BCUT2D eigenvalue weighted by Crippen LogP contribution is 2.46. The zero-order valence-electron chi connectivity index (χ0n) is 17.4. The summed E-state index contributed by atoms with van der Waals surface area (Å²) in [5.41, 5.74) is 7.26. The van der Waals surface area contributed by atoms with Crippen LogP contribution in [-0.4, -0.2) is 31.8 Å². The highest BCUT2D eigenvalue weighted by atomic mass is 16.5. The molecule has 0 spiro atoms. The van der Waals surface area contributed by atoms with Gasteiger partial charge < -0.3 is 29.7 Å². The maximum atomic E-state index is 13.2. The SMILES string of the molecule is CCOC(=O)C1=C(N)Oc2c(c(=O)[nH]c3ccccc23)C1c1ccc(OC)cc1OC. The number of carbonyl (C=O) groups excluding carboxylic acids is 1. The largest absolute Gasteiger partial charge is 0.497 e. The molecule has 160 valence electrons. The van der Waals surface area contributed by atoms with Gasteiger partial charge in [0.05, 0.1) is 37.8 Å². The standard InChI is InChI=1S/C23H22N2O6/c1-4-30-23(27)19-17(14-10-9-12(28-2)11-16(14)29-3)18-20(31-21(19)24)13-7-5-6-8-15(13)25-22(18)26/h5-11,17H,4,24H2,1-3H3,(H,25,26). The van der Waals surface area contributed by atoms with Crippen LogP contribution in [-0.2, 0) is 9.53 Å². The average molecular weight is 422 g/mol. The summed E-state index contributed by atoms with van der Waals surface area (Å²) in [5, 5.41) is 0.667. The fourth-order valence-corrected chi connectivity index (χ4v) is 3.85. The molecule has 0 saturated carbocycles. The topological polar surface area (TPSA) is 113 Å². The number of aromatic amines is 1. The molecule has 1 atom stereocenters. The van der Waals surface area contributed by atoms with Gasteiger partial charge in [-0.1, -0.05) is 18.2 Å².